The Balaban J connectivity index is 2.04. The zero-order chi connectivity index (χ0) is 27.9. The minimum Gasteiger partial charge on any atom is -0.355 e. The van der Waals surface area contributed by atoms with Crippen LogP contribution in [0.2, 0.25) is 10.0 Å². The summed E-state index contributed by atoms with van der Waals surface area (Å²) in [6, 6.07) is 18.0. The molecule has 0 unspecified atom stereocenters. The van der Waals surface area contributed by atoms with E-state index in [0.717, 1.165) is 16.1 Å². The highest BCUT2D eigenvalue weighted by Crippen LogP contribution is 2.29. The molecule has 1 N–H and O–H groups in total. The van der Waals surface area contributed by atoms with Crippen LogP contribution < -0.4 is 9.62 Å². The molecule has 0 radical (unpaired) electrons. The van der Waals surface area contributed by atoms with Gasteiger partial charge in [-0.2, -0.15) is 0 Å². The van der Waals surface area contributed by atoms with Gasteiger partial charge in [-0.3, -0.25) is 13.9 Å². The monoisotopic (exact) mass is 579 g/mol. The SMILES string of the molecule is CCNC(=O)[C@H](Cc1ccccc1)N(Cc1ccc(F)cc1)C(=O)CN(c1ccc(Cl)c(Cl)c1)S(C)(=O)=O. The molecule has 7 nitrogen and oxygen atoms in total. The fourth-order valence-corrected chi connectivity index (χ4v) is 5.02. The molecule has 1 atom stereocenters. The summed E-state index contributed by atoms with van der Waals surface area (Å²) < 4.78 is 40.0. The molecular weight excluding hydrogens is 552 g/mol. The van der Waals surface area contributed by atoms with Gasteiger partial charge in [0.25, 0.3) is 0 Å². The first kappa shape index (κ1) is 29.4. The van der Waals surface area contributed by atoms with Gasteiger partial charge in [0.2, 0.25) is 21.8 Å². The van der Waals surface area contributed by atoms with Gasteiger partial charge in [0.05, 0.1) is 22.0 Å². The Morgan fingerprint density at radius 1 is 0.947 bits per heavy atom. The van der Waals surface area contributed by atoms with E-state index in [1.54, 1.807) is 6.92 Å². The largest absolute Gasteiger partial charge is 0.355 e. The van der Waals surface area contributed by atoms with Gasteiger partial charge in [-0.1, -0.05) is 65.7 Å². The number of anilines is 1. The van der Waals surface area contributed by atoms with Crippen LogP contribution in [-0.2, 0) is 32.6 Å². The lowest BCUT2D eigenvalue weighted by Gasteiger charge is -2.33. The van der Waals surface area contributed by atoms with Crippen molar-refractivity contribution in [2.24, 2.45) is 0 Å². The van der Waals surface area contributed by atoms with Crippen molar-refractivity contribution in [2.45, 2.75) is 25.9 Å². The van der Waals surface area contributed by atoms with E-state index in [2.05, 4.69) is 5.32 Å². The molecule has 2 amide bonds. The number of carbonyl (C=O) groups excluding carboxylic acids is 2. The minimum absolute atomic E-state index is 0.0489. The second-order valence-corrected chi connectivity index (χ2v) is 11.3. The number of halogens is 3. The minimum atomic E-state index is -3.94. The fourth-order valence-electron chi connectivity index (χ4n) is 3.89. The number of nitrogens with one attached hydrogen (secondary N) is 1. The summed E-state index contributed by atoms with van der Waals surface area (Å²) in [4.78, 5) is 28.4. The highest BCUT2D eigenvalue weighted by molar-refractivity contribution is 7.92. The zero-order valence-electron chi connectivity index (χ0n) is 20.9. The van der Waals surface area contributed by atoms with E-state index in [-0.39, 0.29) is 28.7 Å². The molecule has 3 aromatic carbocycles. The lowest BCUT2D eigenvalue weighted by atomic mass is 10.0. The van der Waals surface area contributed by atoms with Crippen LogP contribution in [0.15, 0.2) is 72.8 Å². The number of likely N-dealkylation sites (N-methyl/N-ethyl adjacent to an activating group) is 1. The second kappa shape index (κ2) is 13.1. The van der Waals surface area contributed by atoms with E-state index in [1.165, 1.54) is 47.4 Å². The van der Waals surface area contributed by atoms with E-state index in [0.29, 0.717) is 12.1 Å². The van der Waals surface area contributed by atoms with E-state index >= 15 is 0 Å². The second-order valence-electron chi connectivity index (χ2n) is 8.62. The summed E-state index contributed by atoms with van der Waals surface area (Å²) in [6.07, 6.45) is 1.16. The molecule has 202 valence electrons. The highest BCUT2D eigenvalue weighted by atomic mass is 35.5. The summed E-state index contributed by atoms with van der Waals surface area (Å²) in [5.41, 5.74) is 1.53. The Hall–Kier alpha value is -3.14. The number of amides is 2. The molecule has 0 fully saturated rings. The summed E-state index contributed by atoms with van der Waals surface area (Å²) in [6.45, 7) is 1.45. The third-order valence-electron chi connectivity index (χ3n) is 5.76. The summed E-state index contributed by atoms with van der Waals surface area (Å²) in [7, 11) is -3.94. The molecule has 0 aliphatic carbocycles. The quantitative estimate of drug-likeness (QED) is 0.357. The van der Waals surface area contributed by atoms with Crippen LogP contribution in [0.5, 0.6) is 0 Å². The lowest BCUT2D eigenvalue weighted by molar-refractivity contribution is -0.140. The van der Waals surface area contributed by atoms with Gasteiger partial charge in [-0.05, 0) is 48.4 Å². The first-order valence-electron chi connectivity index (χ1n) is 11.8. The molecule has 0 saturated heterocycles. The predicted octanol–water partition coefficient (Wildman–Crippen LogP) is 4.67. The van der Waals surface area contributed by atoms with Crippen LogP contribution in [0.4, 0.5) is 10.1 Å². The normalized spacial score (nSPS) is 12.0. The number of hydrogen-bond donors (Lipinski definition) is 1. The number of sulfonamides is 1. The van der Waals surface area contributed by atoms with Crippen molar-refractivity contribution in [3.05, 3.63) is 99.8 Å². The third-order valence-corrected chi connectivity index (χ3v) is 7.64. The van der Waals surface area contributed by atoms with Crippen LogP contribution >= 0.6 is 23.2 Å². The van der Waals surface area contributed by atoms with Gasteiger partial charge in [0.1, 0.15) is 18.4 Å². The van der Waals surface area contributed by atoms with E-state index in [1.807, 2.05) is 30.3 Å². The average molecular weight is 581 g/mol. The number of benzene rings is 3. The van der Waals surface area contributed by atoms with E-state index in [9.17, 15) is 22.4 Å². The Morgan fingerprint density at radius 2 is 1.61 bits per heavy atom. The number of rotatable bonds is 11. The Morgan fingerprint density at radius 3 is 2.18 bits per heavy atom. The molecule has 11 heteroatoms. The Kier molecular flexibility index (Phi) is 10.1. The first-order valence-corrected chi connectivity index (χ1v) is 14.4. The lowest BCUT2D eigenvalue weighted by Crippen LogP contribution is -2.53. The Labute approximate surface area is 232 Å². The number of nitrogens with zero attached hydrogens (tertiary/aromatic N) is 2. The van der Waals surface area contributed by atoms with Crippen LogP contribution in [0.1, 0.15) is 18.1 Å². The molecular formula is C27H28Cl2FN3O4S. The van der Waals surface area contributed by atoms with E-state index < -0.39 is 40.2 Å². The van der Waals surface area contributed by atoms with Gasteiger partial charge in [-0.15, -0.1) is 0 Å². The molecule has 0 aliphatic heterocycles. The highest BCUT2D eigenvalue weighted by Gasteiger charge is 2.33. The van der Waals surface area contributed by atoms with Crippen molar-refractivity contribution in [3.8, 4) is 0 Å². The van der Waals surface area contributed by atoms with Gasteiger partial charge < -0.3 is 10.2 Å². The number of hydrogen-bond acceptors (Lipinski definition) is 4. The van der Waals surface area contributed by atoms with Crippen molar-refractivity contribution >= 4 is 50.7 Å². The van der Waals surface area contributed by atoms with Crippen molar-refractivity contribution in [2.75, 3.05) is 23.7 Å². The van der Waals surface area contributed by atoms with Crippen LogP contribution in [0, 0.1) is 5.82 Å². The molecule has 0 bridgehead atoms. The number of carbonyl (C=O) groups is 2. The van der Waals surface area contributed by atoms with Crippen molar-refractivity contribution < 1.29 is 22.4 Å². The molecule has 3 aromatic rings. The molecule has 0 aromatic heterocycles. The average Bonchev–Trinajstić information content (AvgIpc) is 2.87. The maximum Gasteiger partial charge on any atom is 0.244 e. The molecule has 0 spiro atoms. The van der Waals surface area contributed by atoms with Crippen molar-refractivity contribution in [3.63, 3.8) is 0 Å². The van der Waals surface area contributed by atoms with Gasteiger partial charge >= 0.3 is 0 Å². The van der Waals surface area contributed by atoms with Crippen LogP contribution in [-0.4, -0.2) is 50.5 Å². The topological polar surface area (TPSA) is 86.8 Å². The summed E-state index contributed by atoms with van der Waals surface area (Å²) in [5.74, 6) is -1.47. The predicted molar refractivity (Wildman–Crippen MR) is 148 cm³/mol. The molecule has 38 heavy (non-hydrogen) atoms. The molecule has 0 saturated carbocycles. The van der Waals surface area contributed by atoms with Crippen molar-refractivity contribution in [1.82, 2.24) is 10.2 Å². The van der Waals surface area contributed by atoms with Crippen molar-refractivity contribution in [1.29, 1.82) is 0 Å². The van der Waals surface area contributed by atoms with Crippen LogP contribution in [0.3, 0.4) is 0 Å². The van der Waals surface area contributed by atoms with Gasteiger partial charge in [0, 0.05) is 19.5 Å². The maximum absolute atomic E-state index is 13.8. The molecule has 0 aliphatic rings. The van der Waals surface area contributed by atoms with Gasteiger partial charge in [-0.25, -0.2) is 12.8 Å². The van der Waals surface area contributed by atoms with Gasteiger partial charge in [0.15, 0.2) is 0 Å². The molecule has 3 rings (SSSR count). The smallest absolute Gasteiger partial charge is 0.244 e. The van der Waals surface area contributed by atoms with Crippen LogP contribution in [0.25, 0.3) is 0 Å². The maximum atomic E-state index is 13.8. The van der Waals surface area contributed by atoms with E-state index in [4.69, 9.17) is 23.2 Å². The fraction of sp³-hybridized carbons (Fsp3) is 0.259. The summed E-state index contributed by atoms with van der Waals surface area (Å²) >= 11 is 12.1. The standard InChI is InChI=1S/C27H28Cl2FN3O4S/c1-3-31-27(35)25(15-19-7-5-4-6-8-19)32(17-20-9-11-21(30)12-10-20)26(34)18-33(38(2,36)37)22-13-14-23(28)24(29)16-22/h4-14,16,25H,3,15,17-18H2,1-2H3,(H,31,35)/t25-/m0/s1. The Bertz CT molecular complexity index is 1370. The molecule has 0 heterocycles. The summed E-state index contributed by atoms with van der Waals surface area (Å²) in [5, 5.41) is 3.12. The zero-order valence-corrected chi connectivity index (χ0v) is 23.2. The third kappa shape index (κ3) is 7.93. The first-order chi connectivity index (χ1) is 18.0.